The van der Waals surface area contributed by atoms with Crippen LogP contribution in [0.1, 0.15) is 25.8 Å². The molecule has 2 N–H and O–H groups in total. The third-order valence-corrected chi connectivity index (χ3v) is 2.80. The Balaban J connectivity index is 2.49. The lowest BCUT2D eigenvalue weighted by Crippen LogP contribution is -2.32. The van der Waals surface area contributed by atoms with Gasteiger partial charge in [-0.2, -0.15) is 0 Å². The average molecular weight is 246 g/mol. The first kappa shape index (κ1) is 14.3. The number of anilines is 1. The number of aryl methyl sites for hydroxylation is 1. The first-order valence-corrected chi connectivity index (χ1v) is 6.29. The van der Waals surface area contributed by atoms with E-state index < -0.39 is 0 Å². The number of benzene rings is 1. The number of likely N-dealkylation sites (N-methyl/N-ethyl adjacent to an activating group) is 1. The van der Waals surface area contributed by atoms with Crippen LogP contribution in [-0.2, 0) is 11.2 Å². The van der Waals surface area contributed by atoms with Gasteiger partial charge in [0.05, 0.1) is 0 Å². The van der Waals surface area contributed by atoms with Crippen molar-refractivity contribution in [1.29, 1.82) is 0 Å². The van der Waals surface area contributed by atoms with Gasteiger partial charge in [0, 0.05) is 25.2 Å². The fourth-order valence-corrected chi connectivity index (χ4v) is 1.80. The molecule has 1 aromatic rings. The molecule has 1 rings (SSSR count). The Hall–Kier alpha value is -1.77. The van der Waals surface area contributed by atoms with Gasteiger partial charge in [-0.05, 0) is 38.0 Å². The van der Waals surface area contributed by atoms with Gasteiger partial charge in [-0.25, -0.2) is 0 Å². The minimum Gasteiger partial charge on any atom is -0.399 e. The predicted molar refractivity (Wildman–Crippen MR) is 76.2 cm³/mol. The maximum atomic E-state index is 12.0. The van der Waals surface area contributed by atoms with Gasteiger partial charge in [-0.15, -0.1) is 0 Å². The van der Waals surface area contributed by atoms with Crippen LogP contribution in [-0.4, -0.2) is 23.9 Å². The predicted octanol–water partition coefficient (Wildman–Crippen LogP) is 2.63. The molecular weight excluding hydrogens is 224 g/mol. The highest BCUT2D eigenvalue weighted by Gasteiger charge is 2.11. The van der Waals surface area contributed by atoms with E-state index in [1.165, 1.54) is 0 Å². The molecule has 0 fully saturated rings. The Kier molecular flexibility index (Phi) is 5.43. The van der Waals surface area contributed by atoms with E-state index in [0.717, 1.165) is 29.8 Å². The summed E-state index contributed by atoms with van der Waals surface area (Å²) in [5.74, 6) is 0.178. The molecule has 1 aromatic carbocycles. The summed E-state index contributed by atoms with van der Waals surface area (Å²) in [4.78, 5) is 13.8. The van der Waals surface area contributed by atoms with E-state index in [1.807, 2.05) is 43.0 Å². The number of carbonyl (C=O) groups is 1. The van der Waals surface area contributed by atoms with E-state index in [-0.39, 0.29) is 5.91 Å². The number of rotatable bonds is 6. The van der Waals surface area contributed by atoms with Crippen molar-refractivity contribution >= 4 is 11.6 Å². The molecule has 0 aliphatic carbocycles. The van der Waals surface area contributed by atoms with E-state index >= 15 is 0 Å². The maximum absolute atomic E-state index is 12.0. The van der Waals surface area contributed by atoms with Crippen molar-refractivity contribution in [2.24, 2.45) is 0 Å². The topological polar surface area (TPSA) is 46.3 Å². The first-order valence-electron chi connectivity index (χ1n) is 6.29. The minimum absolute atomic E-state index is 0.178. The molecule has 0 atom stereocenters. The largest absolute Gasteiger partial charge is 0.399 e. The van der Waals surface area contributed by atoms with Gasteiger partial charge in [0.25, 0.3) is 0 Å². The number of nitrogen functional groups attached to an aromatic ring is 1. The number of nitrogens with two attached hydrogens (primary N) is 1. The summed E-state index contributed by atoms with van der Waals surface area (Å²) in [7, 11) is 0. The molecule has 0 unspecified atom stereocenters. The summed E-state index contributed by atoms with van der Waals surface area (Å²) in [6, 6.07) is 7.67. The van der Waals surface area contributed by atoms with Gasteiger partial charge >= 0.3 is 0 Å². The number of hydrogen-bond acceptors (Lipinski definition) is 2. The molecule has 0 saturated carbocycles. The molecule has 0 aromatic heterocycles. The monoisotopic (exact) mass is 246 g/mol. The molecular formula is C15H22N2O. The number of hydrogen-bond donors (Lipinski definition) is 1. The van der Waals surface area contributed by atoms with E-state index in [0.29, 0.717) is 13.0 Å². The summed E-state index contributed by atoms with van der Waals surface area (Å²) in [5.41, 5.74) is 8.53. The first-order chi connectivity index (χ1) is 8.52. The summed E-state index contributed by atoms with van der Waals surface area (Å²) in [5, 5.41) is 0. The fourth-order valence-electron chi connectivity index (χ4n) is 1.80. The van der Waals surface area contributed by atoms with Crippen molar-refractivity contribution in [1.82, 2.24) is 4.90 Å². The molecule has 0 aliphatic heterocycles. The van der Waals surface area contributed by atoms with Crippen LogP contribution in [0.2, 0.25) is 0 Å². The summed E-state index contributed by atoms with van der Waals surface area (Å²) >= 11 is 0. The maximum Gasteiger partial charge on any atom is 0.223 e. The zero-order chi connectivity index (χ0) is 13.5. The Morgan fingerprint density at radius 1 is 1.33 bits per heavy atom. The van der Waals surface area contributed by atoms with Crippen LogP contribution < -0.4 is 5.73 Å². The summed E-state index contributed by atoms with van der Waals surface area (Å²) in [6.07, 6.45) is 1.29. The molecule has 0 bridgehead atoms. The molecule has 0 radical (unpaired) electrons. The summed E-state index contributed by atoms with van der Waals surface area (Å²) in [6.45, 7) is 9.16. The van der Waals surface area contributed by atoms with Crippen molar-refractivity contribution in [3.05, 3.63) is 42.0 Å². The van der Waals surface area contributed by atoms with Crippen LogP contribution in [0.15, 0.2) is 36.4 Å². The van der Waals surface area contributed by atoms with Crippen LogP contribution in [0.4, 0.5) is 5.69 Å². The van der Waals surface area contributed by atoms with E-state index in [1.54, 1.807) is 0 Å². The van der Waals surface area contributed by atoms with Crippen LogP contribution in [0, 0.1) is 0 Å². The zero-order valence-corrected chi connectivity index (χ0v) is 11.3. The van der Waals surface area contributed by atoms with Gasteiger partial charge in [-0.1, -0.05) is 24.3 Å². The molecule has 0 heterocycles. The second-order valence-corrected chi connectivity index (χ2v) is 4.61. The standard InChI is InChI=1S/C15H22N2O/c1-4-17(11-12(2)3)15(18)10-7-13-5-8-14(16)9-6-13/h5-6,8-9H,2,4,7,10-11,16H2,1,3H3. The quantitative estimate of drug-likeness (QED) is 0.619. The highest BCUT2D eigenvalue weighted by atomic mass is 16.2. The molecule has 98 valence electrons. The number of carbonyl (C=O) groups excluding carboxylic acids is 1. The SMILES string of the molecule is C=C(C)CN(CC)C(=O)CCc1ccc(N)cc1. The lowest BCUT2D eigenvalue weighted by molar-refractivity contribution is -0.130. The second-order valence-electron chi connectivity index (χ2n) is 4.61. The highest BCUT2D eigenvalue weighted by molar-refractivity contribution is 5.76. The second kappa shape index (κ2) is 6.84. The molecule has 3 nitrogen and oxygen atoms in total. The number of amides is 1. The average Bonchev–Trinajstić information content (AvgIpc) is 2.34. The third kappa shape index (κ3) is 4.62. The molecule has 1 amide bonds. The smallest absolute Gasteiger partial charge is 0.223 e. The van der Waals surface area contributed by atoms with Crippen molar-refractivity contribution in [2.75, 3.05) is 18.8 Å². The molecule has 3 heteroatoms. The Bertz CT molecular complexity index is 409. The Morgan fingerprint density at radius 3 is 2.44 bits per heavy atom. The molecule has 0 aliphatic rings. The van der Waals surface area contributed by atoms with Crippen LogP contribution in [0.5, 0.6) is 0 Å². The van der Waals surface area contributed by atoms with Crippen molar-refractivity contribution in [3.8, 4) is 0 Å². The normalized spacial score (nSPS) is 10.1. The van der Waals surface area contributed by atoms with E-state index in [4.69, 9.17) is 5.73 Å². The van der Waals surface area contributed by atoms with E-state index in [9.17, 15) is 4.79 Å². The Labute approximate surface area is 109 Å². The van der Waals surface area contributed by atoms with Crippen LogP contribution >= 0.6 is 0 Å². The molecule has 0 saturated heterocycles. The van der Waals surface area contributed by atoms with Gasteiger partial charge in [-0.3, -0.25) is 4.79 Å². The van der Waals surface area contributed by atoms with Crippen molar-refractivity contribution in [2.45, 2.75) is 26.7 Å². The van der Waals surface area contributed by atoms with Crippen LogP contribution in [0.25, 0.3) is 0 Å². The van der Waals surface area contributed by atoms with Crippen LogP contribution in [0.3, 0.4) is 0 Å². The molecule has 18 heavy (non-hydrogen) atoms. The summed E-state index contributed by atoms with van der Waals surface area (Å²) < 4.78 is 0. The lowest BCUT2D eigenvalue weighted by Gasteiger charge is -2.20. The van der Waals surface area contributed by atoms with Crippen molar-refractivity contribution < 1.29 is 4.79 Å². The lowest BCUT2D eigenvalue weighted by atomic mass is 10.1. The zero-order valence-electron chi connectivity index (χ0n) is 11.3. The third-order valence-electron chi connectivity index (χ3n) is 2.80. The number of nitrogens with zero attached hydrogens (tertiary/aromatic N) is 1. The van der Waals surface area contributed by atoms with E-state index in [2.05, 4.69) is 6.58 Å². The fraction of sp³-hybridized carbons (Fsp3) is 0.400. The minimum atomic E-state index is 0.178. The highest BCUT2D eigenvalue weighted by Crippen LogP contribution is 2.09. The van der Waals surface area contributed by atoms with Crippen molar-refractivity contribution in [3.63, 3.8) is 0 Å². The molecule has 0 spiro atoms. The van der Waals surface area contributed by atoms with Gasteiger partial charge in [0.2, 0.25) is 5.91 Å². The van der Waals surface area contributed by atoms with Gasteiger partial charge < -0.3 is 10.6 Å². The van der Waals surface area contributed by atoms with Gasteiger partial charge in [0.1, 0.15) is 0 Å². The Morgan fingerprint density at radius 2 is 1.94 bits per heavy atom. The van der Waals surface area contributed by atoms with Gasteiger partial charge in [0.15, 0.2) is 0 Å².